The zero-order chi connectivity index (χ0) is 19.2. The Morgan fingerprint density at radius 2 is 1.62 bits per heavy atom. The molecule has 0 saturated heterocycles. The molecule has 2 rings (SSSR count). The van der Waals surface area contributed by atoms with Gasteiger partial charge in [-0.05, 0) is 36.4 Å². The molecule has 0 aliphatic heterocycles. The Labute approximate surface area is 159 Å². The van der Waals surface area contributed by atoms with Crippen molar-refractivity contribution in [3.8, 4) is 0 Å². The summed E-state index contributed by atoms with van der Waals surface area (Å²) in [6.45, 7) is 6.27. The molecule has 0 aromatic heterocycles. The average Bonchev–Trinajstić information content (AvgIpc) is 2.60. The molecule has 3 amide bonds. The van der Waals surface area contributed by atoms with Gasteiger partial charge in [0.1, 0.15) is 0 Å². The van der Waals surface area contributed by atoms with Crippen molar-refractivity contribution in [1.29, 1.82) is 0 Å². The van der Waals surface area contributed by atoms with E-state index in [9.17, 15) is 9.59 Å². The molecule has 0 aliphatic carbocycles. The molecule has 2 aromatic rings. The second kappa shape index (κ2) is 8.72. The Balaban J connectivity index is 2.07. The van der Waals surface area contributed by atoms with E-state index >= 15 is 0 Å². The van der Waals surface area contributed by atoms with Crippen molar-refractivity contribution in [2.24, 2.45) is 5.41 Å². The highest BCUT2D eigenvalue weighted by molar-refractivity contribution is 6.30. The molecule has 138 valence electrons. The smallest absolute Gasteiger partial charge is 0.326 e. The number of nitrogens with zero attached hydrogens (tertiary/aromatic N) is 1. The van der Waals surface area contributed by atoms with Gasteiger partial charge in [-0.3, -0.25) is 9.69 Å². The summed E-state index contributed by atoms with van der Waals surface area (Å²) >= 11 is 5.88. The van der Waals surface area contributed by atoms with E-state index in [4.69, 9.17) is 11.6 Å². The normalized spacial score (nSPS) is 10.9. The summed E-state index contributed by atoms with van der Waals surface area (Å²) in [5, 5.41) is 6.33. The molecule has 26 heavy (non-hydrogen) atoms. The number of para-hydroxylation sites is 1. The maximum atomic E-state index is 12.7. The third-order valence-corrected chi connectivity index (χ3v) is 3.96. The SMILES string of the molecule is CC(C)(C)C(=O)NCCN(C(=O)Nc1ccc(Cl)cc1)c1ccccc1. The minimum atomic E-state index is -0.469. The number of carbonyl (C=O) groups is 2. The van der Waals surface area contributed by atoms with Gasteiger partial charge in [0, 0.05) is 34.9 Å². The molecule has 5 nitrogen and oxygen atoms in total. The summed E-state index contributed by atoms with van der Waals surface area (Å²) < 4.78 is 0. The lowest BCUT2D eigenvalue weighted by molar-refractivity contribution is -0.128. The highest BCUT2D eigenvalue weighted by atomic mass is 35.5. The minimum Gasteiger partial charge on any atom is -0.354 e. The highest BCUT2D eigenvalue weighted by Gasteiger charge is 2.21. The van der Waals surface area contributed by atoms with Crippen molar-refractivity contribution in [2.75, 3.05) is 23.3 Å². The summed E-state index contributed by atoms with van der Waals surface area (Å²) in [7, 11) is 0. The number of halogens is 1. The minimum absolute atomic E-state index is 0.0522. The van der Waals surface area contributed by atoms with Crippen molar-refractivity contribution in [1.82, 2.24) is 5.32 Å². The van der Waals surface area contributed by atoms with Crippen molar-refractivity contribution in [3.05, 3.63) is 59.6 Å². The molecule has 0 aliphatic rings. The molecule has 0 spiro atoms. The van der Waals surface area contributed by atoms with Crippen molar-refractivity contribution in [2.45, 2.75) is 20.8 Å². The van der Waals surface area contributed by atoms with Crippen LogP contribution in [0, 0.1) is 5.41 Å². The fraction of sp³-hybridized carbons (Fsp3) is 0.300. The Hall–Kier alpha value is -2.53. The number of nitrogens with one attached hydrogen (secondary N) is 2. The first kappa shape index (κ1) is 19.8. The summed E-state index contributed by atoms with van der Waals surface area (Å²) in [6, 6.07) is 16.0. The maximum absolute atomic E-state index is 12.7. The lowest BCUT2D eigenvalue weighted by Crippen LogP contribution is -2.43. The Morgan fingerprint density at radius 3 is 2.19 bits per heavy atom. The first-order valence-electron chi connectivity index (χ1n) is 8.45. The van der Waals surface area contributed by atoms with Crippen molar-refractivity contribution >= 4 is 34.9 Å². The van der Waals surface area contributed by atoms with E-state index in [1.165, 1.54) is 0 Å². The predicted molar refractivity (Wildman–Crippen MR) is 107 cm³/mol. The number of anilines is 2. The van der Waals surface area contributed by atoms with Crippen LogP contribution in [-0.2, 0) is 4.79 Å². The molecule has 0 heterocycles. The summed E-state index contributed by atoms with van der Waals surface area (Å²) in [5.74, 6) is -0.0522. The second-order valence-electron chi connectivity index (χ2n) is 6.93. The maximum Gasteiger partial charge on any atom is 0.326 e. The van der Waals surface area contributed by atoms with Crippen LogP contribution in [0.2, 0.25) is 5.02 Å². The van der Waals surface area contributed by atoms with Gasteiger partial charge in [0.2, 0.25) is 5.91 Å². The summed E-state index contributed by atoms with van der Waals surface area (Å²) in [5.41, 5.74) is 0.936. The Bertz CT molecular complexity index is 740. The molecule has 0 atom stereocenters. The monoisotopic (exact) mass is 373 g/mol. The number of hydrogen-bond acceptors (Lipinski definition) is 2. The van der Waals surface area contributed by atoms with Crippen LogP contribution in [0.4, 0.5) is 16.2 Å². The fourth-order valence-corrected chi connectivity index (χ4v) is 2.35. The molecule has 0 radical (unpaired) electrons. The average molecular weight is 374 g/mol. The van der Waals surface area contributed by atoms with E-state index in [-0.39, 0.29) is 11.9 Å². The van der Waals surface area contributed by atoms with E-state index in [2.05, 4.69) is 10.6 Å². The Kier molecular flexibility index (Phi) is 6.64. The second-order valence-corrected chi connectivity index (χ2v) is 7.37. The largest absolute Gasteiger partial charge is 0.354 e. The van der Waals surface area contributed by atoms with E-state index in [0.717, 1.165) is 5.69 Å². The van der Waals surface area contributed by atoms with Crippen molar-refractivity contribution in [3.63, 3.8) is 0 Å². The van der Waals surface area contributed by atoms with E-state index in [1.807, 2.05) is 51.1 Å². The van der Waals surface area contributed by atoms with Gasteiger partial charge in [-0.25, -0.2) is 4.79 Å². The highest BCUT2D eigenvalue weighted by Crippen LogP contribution is 2.18. The van der Waals surface area contributed by atoms with E-state index in [0.29, 0.717) is 23.8 Å². The molecule has 2 N–H and O–H groups in total. The first-order valence-corrected chi connectivity index (χ1v) is 8.82. The van der Waals surface area contributed by atoms with Crippen LogP contribution in [0.1, 0.15) is 20.8 Å². The van der Waals surface area contributed by atoms with Gasteiger partial charge in [0.05, 0.1) is 0 Å². The van der Waals surface area contributed by atoms with Gasteiger partial charge >= 0.3 is 6.03 Å². The molecule has 0 unspecified atom stereocenters. The lowest BCUT2D eigenvalue weighted by atomic mass is 9.96. The number of amides is 3. The summed E-state index contributed by atoms with van der Waals surface area (Å²) in [4.78, 5) is 26.4. The molecular weight excluding hydrogens is 350 g/mol. The topological polar surface area (TPSA) is 61.4 Å². The van der Waals surface area contributed by atoms with Gasteiger partial charge in [0.15, 0.2) is 0 Å². The number of hydrogen-bond donors (Lipinski definition) is 2. The van der Waals surface area contributed by atoms with Crippen LogP contribution < -0.4 is 15.5 Å². The molecule has 6 heteroatoms. The van der Waals surface area contributed by atoms with Crippen LogP contribution in [0.5, 0.6) is 0 Å². The summed E-state index contributed by atoms with van der Waals surface area (Å²) in [6.07, 6.45) is 0. The van der Waals surface area contributed by atoms with E-state index < -0.39 is 5.41 Å². The zero-order valence-electron chi connectivity index (χ0n) is 15.3. The van der Waals surface area contributed by atoms with Gasteiger partial charge in [-0.15, -0.1) is 0 Å². The number of rotatable bonds is 5. The molecule has 0 saturated carbocycles. The standard InChI is InChI=1S/C20H24ClN3O2/c1-20(2,3)18(25)22-13-14-24(17-7-5-4-6-8-17)19(26)23-16-11-9-15(21)10-12-16/h4-12H,13-14H2,1-3H3,(H,22,25)(H,23,26). The number of carbonyl (C=O) groups excluding carboxylic acids is 2. The van der Waals surface area contributed by atoms with Crippen LogP contribution in [0.15, 0.2) is 54.6 Å². The Morgan fingerprint density at radius 1 is 1.00 bits per heavy atom. The molecule has 0 fully saturated rings. The third-order valence-electron chi connectivity index (χ3n) is 3.71. The molecular formula is C20H24ClN3O2. The van der Waals surface area contributed by atoms with Crippen LogP contribution in [0.25, 0.3) is 0 Å². The number of urea groups is 1. The quantitative estimate of drug-likeness (QED) is 0.808. The van der Waals surface area contributed by atoms with Crippen LogP contribution >= 0.6 is 11.6 Å². The zero-order valence-corrected chi connectivity index (χ0v) is 16.0. The predicted octanol–water partition coefficient (Wildman–Crippen LogP) is 4.54. The van der Waals surface area contributed by atoms with Gasteiger partial charge in [-0.2, -0.15) is 0 Å². The third kappa shape index (κ3) is 5.77. The van der Waals surface area contributed by atoms with Crippen LogP contribution in [0.3, 0.4) is 0 Å². The fourth-order valence-electron chi connectivity index (χ4n) is 2.23. The molecule has 2 aromatic carbocycles. The number of benzene rings is 2. The first-order chi connectivity index (χ1) is 12.3. The van der Waals surface area contributed by atoms with Gasteiger partial charge < -0.3 is 10.6 Å². The van der Waals surface area contributed by atoms with E-state index in [1.54, 1.807) is 29.2 Å². The van der Waals surface area contributed by atoms with Gasteiger partial charge in [0.25, 0.3) is 0 Å². The lowest BCUT2D eigenvalue weighted by Gasteiger charge is -2.25. The van der Waals surface area contributed by atoms with Crippen LogP contribution in [-0.4, -0.2) is 25.0 Å². The molecule has 0 bridgehead atoms. The van der Waals surface area contributed by atoms with Gasteiger partial charge in [-0.1, -0.05) is 50.6 Å². The van der Waals surface area contributed by atoms with Crippen molar-refractivity contribution < 1.29 is 9.59 Å².